The number of hydrogen-bond donors (Lipinski definition) is 3. The Bertz CT molecular complexity index is 309. The van der Waals surface area contributed by atoms with Gasteiger partial charge in [-0.25, -0.2) is 5.48 Å². The summed E-state index contributed by atoms with van der Waals surface area (Å²) in [4.78, 5) is 21.9. The number of nitrogens with one attached hydrogen (secondary N) is 1. The number of carbonyl (C=O) groups is 2. The molecular formula is C8H16NO7P. The minimum Gasteiger partial charge on any atom is -0.481 e. The van der Waals surface area contributed by atoms with E-state index in [0.29, 0.717) is 0 Å². The summed E-state index contributed by atoms with van der Waals surface area (Å²) >= 11 is 0. The molecule has 9 heteroatoms. The zero-order valence-corrected chi connectivity index (χ0v) is 10.5. The van der Waals surface area contributed by atoms with Crippen molar-refractivity contribution in [3.63, 3.8) is 0 Å². The Kier molecular flexibility index (Phi) is 6.98. The maximum Gasteiger partial charge on any atom is 0.345 e. The van der Waals surface area contributed by atoms with Gasteiger partial charge in [0.15, 0.2) is 5.66 Å². The van der Waals surface area contributed by atoms with Gasteiger partial charge in [0.05, 0.1) is 19.6 Å². The lowest BCUT2D eigenvalue weighted by atomic mass is 10.3. The van der Waals surface area contributed by atoms with Crippen LogP contribution in [-0.2, 0) is 23.2 Å². The third-order valence-electron chi connectivity index (χ3n) is 1.79. The Hall–Kier alpha value is -0.950. The third-order valence-corrected chi connectivity index (χ3v) is 4.19. The van der Waals surface area contributed by atoms with Crippen molar-refractivity contribution in [1.29, 1.82) is 0 Å². The van der Waals surface area contributed by atoms with Crippen molar-refractivity contribution in [2.45, 2.75) is 25.9 Å². The molecule has 0 bridgehead atoms. The van der Waals surface area contributed by atoms with Crippen LogP contribution in [0.4, 0.5) is 0 Å². The van der Waals surface area contributed by atoms with Crippen LogP contribution in [0, 0.1) is 0 Å². The van der Waals surface area contributed by atoms with Crippen LogP contribution in [0.3, 0.4) is 0 Å². The SMILES string of the molecule is CCOP(=O)(OCC)C(CC(=O)NO)C(=O)O. The summed E-state index contributed by atoms with van der Waals surface area (Å²) in [6, 6.07) is 0. The first-order chi connectivity index (χ1) is 7.91. The summed E-state index contributed by atoms with van der Waals surface area (Å²) in [5, 5.41) is 17.2. The lowest BCUT2D eigenvalue weighted by molar-refractivity contribution is -0.140. The maximum absolute atomic E-state index is 12.1. The zero-order valence-electron chi connectivity index (χ0n) is 9.58. The average Bonchev–Trinajstić information content (AvgIpc) is 2.25. The Morgan fingerprint density at radius 3 is 2.06 bits per heavy atom. The van der Waals surface area contributed by atoms with E-state index in [-0.39, 0.29) is 13.2 Å². The second-order valence-electron chi connectivity index (χ2n) is 2.97. The quantitative estimate of drug-likeness (QED) is 0.335. The van der Waals surface area contributed by atoms with Crippen LogP contribution in [0.15, 0.2) is 0 Å². The number of carbonyl (C=O) groups excluding carboxylic acids is 1. The van der Waals surface area contributed by atoms with Crippen LogP contribution < -0.4 is 5.48 Å². The van der Waals surface area contributed by atoms with Crippen molar-refractivity contribution in [3.05, 3.63) is 0 Å². The monoisotopic (exact) mass is 269 g/mol. The van der Waals surface area contributed by atoms with Crippen LogP contribution in [0.2, 0.25) is 0 Å². The standard InChI is InChI=1S/C8H16NO7P/c1-3-15-17(14,16-4-2)6(8(11)12)5-7(10)9-13/h6,13H,3-5H2,1-2H3,(H,9,10)(H,11,12). The van der Waals surface area contributed by atoms with Gasteiger partial charge in [0.2, 0.25) is 5.91 Å². The van der Waals surface area contributed by atoms with Crippen molar-refractivity contribution in [2.24, 2.45) is 0 Å². The molecule has 0 saturated carbocycles. The summed E-state index contributed by atoms with van der Waals surface area (Å²) in [5.41, 5.74) is -0.372. The molecule has 0 aliphatic rings. The fraction of sp³-hybridized carbons (Fsp3) is 0.750. The number of aliphatic carboxylic acids is 1. The van der Waals surface area contributed by atoms with E-state index < -0.39 is 31.6 Å². The summed E-state index contributed by atoms with van der Waals surface area (Å²) in [5.74, 6) is -2.46. The first-order valence-electron chi connectivity index (χ1n) is 4.95. The predicted octanol–water partition coefficient (Wildman–Crippen LogP) is 0.601. The molecule has 17 heavy (non-hydrogen) atoms. The molecule has 0 aromatic rings. The van der Waals surface area contributed by atoms with E-state index in [9.17, 15) is 14.2 Å². The van der Waals surface area contributed by atoms with Crippen molar-refractivity contribution in [2.75, 3.05) is 13.2 Å². The first-order valence-corrected chi connectivity index (χ1v) is 6.57. The first kappa shape index (κ1) is 16.1. The van der Waals surface area contributed by atoms with Gasteiger partial charge in [0.25, 0.3) is 0 Å². The van der Waals surface area contributed by atoms with E-state index in [1.54, 1.807) is 0 Å². The summed E-state index contributed by atoms with van der Waals surface area (Å²) < 4.78 is 21.8. The lowest BCUT2D eigenvalue weighted by Crippen LogP contribution is -2.31. The Balaban J connectivity index is 5.03. The highest BCUT2D eigenvalue weighted by Crippen LogP contribution is 2.54. The van der Waals surface area contributed by atoms with Gasteiger partial charge in [0.1, 0.15) is 0 Å². The van der Waals surface area contributed by atoms with E-state index in [4.69, 9.17) is 19.4 Å². The number of amides is 1. The predicted molar refractivity (Wildman–Crippen MR) is 56.8 cm³/mol. The molecule has 1 unspecified atom stereocenters. The maximum atomic E-state index is 12.1. The molecule has 8 nitrogen and oxygen atoms in total. The highest BCUT2D eigenvalue weighted by molar-refractivity contribution is 7.55. The van der Waals surface area contributed by atoms with E-state index in [1.165, 1.54) is 19.3 Å². The number of hydroxylamine groups is 1. The van der Waals surface area contributed by atoms with Crippen molar-refractivity contribution in [3.8, 4) is 0 Å². The Morgan fingerprint density at radius 1 is 1.29 bits per heavy atom. The molecule has 0 aliphatic heterocycles. The van der Waals surface area contributed by atoms with E-state index in [2.05, 4.69) is 0 Å². The number of hydrogen-bond acceptors (Lipinski definition) is 6. The van der Waals surface area contributed by atoms with Gasteiger partial charge in [-0.15, -0.1) is 0 Å². The van der Waals surface area contributed by atoms with Crippen LogP contribution in [0.5, 0.6) is 0 Å². The van der Waals surface area contributed by atoms with Gasteiger partial charge >= 0.3 is 13.6 Å². The summed E-state index contributed by atoms with van der Waals surface area (Å²) in [7, 11) is -3.92. The molecule has 100 valence electrons. The Labute approximate surface area is 98.4 Å². The van der Waals surface area contributed by atoms with Gasteiger partial charge in [-0.2, -0.15) is 0 Å². The van der Waals surface area contributed by atoms with Crippen LogP contribution >= 0.6 is 7.60 Å². The molecule has 0 spiro atoms. The highest BCUT2D eigenvalue weighted by Gasteiger charge is 2.42. The molecule has 0 aliphatic carbocycles. The van der Waals surface area contributed by atoms with E-state index in [0.717, 1.165) is 0 Å². The molecule has 0 radical (unpaired) electrons. The fourth-order valence-electron chi connectivity index (χ4n) is 1.13. The van der Waals surface area contributed by atoms with Crippen molar-refractivity contribution < 1.29 is 33.5 Å². The molecule has 0 fully saturated rings. The van der Waals surface area contributed by atoms with Gasteiger partial charge in [-0.05, 0) is 13.8 Å². The minimum absolute atomic E-state index is 0.0121. The number of carboxylic acids is 1. The molecule has 0 rings (SSSR count). The second-order valence-corrected chi connectivity index (χ2v) is 5.19. The van der Waals surface area contributed by atoms with E-state index >= 15 is 0 Å². The summed E-state index contributed by atoms with van der Waals surface area (Å²) in [6.07, 6.45) is -0.691. The fourth-order valence-corrected chi connectivity index (χ4v) is 2.95. The average molecular weight is 269 g/mol. The second kappa shape index (κ2) is 7.39. The minimum atomic E-state index is -3.92. The van der Waals surface area contributed by atoms with Gasteiger partial charge in [-0.1, -0.05) is 0 Å². The third kappa shape index (κ3) is 4.82. The Morgan fingerprint density at radius 2 is 1.76 bits per heavy atom. The van der Waals surface area contributed by atoms with Gasteiger partial charge in [0, 0.05) is 0 Å². The molecule has 3 N–H and O–H groups in total. The van der Waals surface area contributed by atoms with Crippen molar-refractivity contribution in [1.82, 2.24) is 5.48 Å². The topological polar surface area (TPSA) is 122 Å². The molecule has 1 atom stereocenters. The van der Waals surface area contributed by atoms with Gasteiger partial charge in [-0.3, -0.25) is 19.4 Å². The molecule has 0 aromatic carbocycles. The van der Waals surface area contributed by atoms with Crippen LogP contribution in [-0.4, -0.2) is 41.1 Å². The van der Waals surface area contributed by atoms with Gasteiger partial charge < -0.3 is 14.2 Å². The molecule has 0 aromatic heterocycles. The van der Waals surface area contributed by atoms with Crippen LogP contribution in [0.1, 0.15) is 20.3 Å². The zero-order chi connectivity index (χ0) is 13.5. The van der Waals surface area contributed by atoms with E-state index in [1.807, 2.05) is 0 Å². The largest absolute Gasteiger partial charge is 0.481 e. The molecule has 0 saturated heterocycles. The number of carboxylic acid groups (broad SMARTS) is 1. The smallest absolute Gasteiger partial charge is 0.345 e. The van der Waals surface area contributed by atoms with Crippen LogP contribution in [0.25, 0.3) is 0 Å². The lowest BCUT2D eigenvalue weighted by Gasteiger charge is -2.22. The number of rotatable bonds is 8. The molecule has 1 amide bonds. The molecule has 0 heterocycles. The normalized spacial score (nSPS) is 13.1. The van der Waals surface area contributed by atoms with Crippen molar-refractivity contribution >= 4 is 19.5 Å². The highest BCUT2D eigenvalue weighted by atomic mass is 31.2. The summed E-state index contributed by atoms with van der Waals surface area (Å²) in [6.45, 7) is 3.02. The molecular weight excluding hydrogens is 253 g/mol.